The monoisotopic (exact) mass is 254 g/mol. The molecule has 3 heteroatoms. The number of carbonyl (C=O) groups excluding carboxylic acids is 1. The number of carbonyl (C=O) groups is 1. The molecule has 1 rings (SSSR count). The van der Waals surface area contributed by atoms with Gasteiger partial charge in [0.1, 0.15) is 0 Å². The highest BCUT2D eigenvalue weighted by molar-refractivity contribution is 8.33. The van der Waals surface area contributed by atoms with E-state index < -0.39 is 10.0 Å². The van der Waals surface area contributed by atoms with E-state index in [4.69, 9.17) is 4.74 Å². The van der Waals surface area contributed by atoms with Crippen molar-refractivity contribution in [3.63, 3.8) is 0 Å². The van der Waals surface area contributed by atoms with Crippen molar-refractivity contribution in [3.05, 3.63) is 29.8 Å². The zero-order chi connectivity index (χ0) is 13.1. The van der Waals surface area contributed by atoms with E-state index in [0.29, 0.717) is 6.61 Å². The van der Waals surface area contributed by atoms with Crippen LogP contribution in [-0.4, -0.2) is 30.3 Å². The third-order valence-corrected chi connectivity index (χ3v) is 6.58. The molecule has 0 radical (unpaired) electrons. The lowest BCUT2D eigenvalue weighted by molar-refractivity contribution is -0.142. The van der Waals surface area contributed by atoms with Gasteiger partial charge in [0.25, 0.3) is 0 Å². The Bertz CT molecular complexity index is 382. The van der Waals surface area contributed by atoms with E-state index in [0.717, 1.165) is 0 Å². The summed E-state index contributed by atoms with van der Waals surface area (Å²) in [5.74, 6) is -0.0897. The molecule has 0 bridgehead atoms. The van der Waals surface area contributed by atoms with E-state index in [9.17, 15) is 4.79 Å². The molecule has 0 fully saturated rings. The first-order valence-electron chi connectivity index (χ1n) is 5.85. The summed E-state index contributed by atoms with van der Waals surface area (Å²) in [6, 6.07) is 8.45. The number of aryl methyl sites for hydroxylation is 1. The molecule has 0 saturated heterocycles. The second-order valence-electron chi connectivity index (χ2n) is 4.61. The summed E-state index contributed by atoms with van der Waals surface area (Å²) < 4.78 is 5.12. The molecule has 1 aromatic rings. The highest BCUT2D eigenvalue weighted by atomic mass is 32.3. The van der Waals surface area contributed by atoms with E-state index in [1.54, 1.807) is 0 Å². The Balaban J connectivity index is 2.93. The quantitative estimate of drug-likeness (QED) is 0.770. The van der Waals surface area contributed by atoms with E-state index in [1.807, 2.05) is 13.8 Å². The predicted octanol–water partition coefficient (Wildman–Crippen LogP) is 3.37. The number of hydrogen-bond donors (Lipinski definition) is 0. The summed E-state index contributed by atoms with van der Waals surface area (Å²) >= 11 is 0. The van der Waals surface area contributed by atoms with Crippen LogP contribution in [0.5, 0.6) is 0 Å². The van der Waals surface area contributed by atoms with Crippen LogP contribution in [0, 0.1) is 6.92 Å². The molecule has 0 unspecified atom stereocenters. The third-order valence-electron chi connectivity index (χ3n) is 3.13. The van der Waals surface area contributed by atoms with Gasteiger partial charge >= 0.3 is 5.97 Å². The Morgan fingerprint density at radius 3 is 2.29 bits per heavy atom. The second-order valence-corrected chi connectivity index (χ2v) is 8.60. The van der Waals surface area contributed by atoms with E-state index in [-0.39, 0.29) is 11.2 Å². The van der Waals surface area contributed by atoms with Gasteiger partial charge in [-0.25, -0.2) is 10.0 Å². The normalized spacial score (nSPS) is 14.2. The second kappa shape index (κ2) is 5.58. The van der Waals surface area contributed by atoms with Crippen LogP contribution in [0.4, 0.5) is 0 Å². The number of ether oxygens (including phenoxy) is 1. The molecule has 0 saturated carbocycles. The lowest BCUT2D eigenvalue weighted by Gasteiger charge is -2.36. The van der Waals surface area contributed by atoms with Crippen molar-refractivity contribution in [3.8, 4) is 0 Å². The fraction of sp³-hybridized carbons (Fsp3) is 0.500. The van der Waals surface area contributed by atoms with E-state index in [2.05, 4.69) is 43.7 Å². The van der Waals surface area contributed by atoms with Crippen LogP contribution in [-0.2, 0) is 9.53 Å². The molecular formula is C14H22O2S. The van der Waals surface area contributed by atoms with Gasteiger partial charge in [0.15, 0.2) is 0 Å². The zero-order valence-electron chi connectivity index (χ0n) is 11.3. The largest absolute Gasteiger partial charge is 0.465 e. The van der Waals surface area contributed by atoms with Crippen LogP contribution < -0.4 is 0 Å². The molecule has 0 heterocycles. The summed E-state index contributed by atoms with van der Waals surface area (Å²) in [5.41, 5.74) is 1.24. The van der Waals surface area contributed by atoms with Gasteiger partial charge in [-0.2, -0.15) is 0 Å². The van der Waals surface area contributed by atoms with Crippen molar-refractivity contribution in [1.29, 1.82) is 0 Å². The molecule has 0 aliphatic heterocycles. The Morgan fingerprint density at radius 2 is 1.82 bits per heavy atom. The number of hydrogen-bond acceptors (Lipinski definition) is 2. The topological polar surface area (TPSA) is 26.3 Å². The zero-order valence-corrected chi connectivity index (χ0v) is 12.1. The summed E-state index contributed by atoms with van der Waals surface area (Å²) in [5, 5.41) is -0.0647. The molecule has 0 aliphatic carbocycles. The van der Waals surface area contributed by atoms with Crippen molar-refractivity contribution in [2.75, 3.05) is 19.1 Å². The lowest BCUT2D eigenvalue weighted by Crippen LogP contribution is -2.25. The molecule has 0 N–H and O–H groups in total. The Morgan fingerprint density at radius 1 is 1.29 bits per heavy atom. The molecule has 0 aliphatic rings. The van der Waals surface area contributed by atoms with Gasteiger partial charge < -0.3 is 4.74 Å². The van der Waals surface area contributed by atoms with E-state index in [1.165, 1.54) is 10.5 Å². The average Bonchev–Trinajstić information content (AvgIpc) is 2.29. The van der Waals surface area contributed by atoms with Gasteiger partial charge in [-0.1, -0.05) is 17.7 Å². The summed E-state index contributed by atoms with van der Waals surface area (Å²) in [6.45, 7) is 6.33. The minimum Gasteiger partial charge on any atom is -0.465 e. The van der Waals surface area contributed by atoms with Crippen molar-refractivity contribution in [2.24, 2.45) is 0 Å². The predicted molar refractivity (Wildman–Crippen MR) is 75.0 cm³/mol. The fourth-order valence-corrected chi connectivity index (χ4v) is 3.39. The van der Waals surface area contributed by atoms with Crippen LogP contribution in [0.1, 0.15) is 19.4 Å². The van der Waals surface area contributed by atoms with E-state index >= 15 is 0 Å². The van der Waals surface area contributed by atoms with Gasteiger partial charge in [-0.15, -0.1) is 0 Å². The summed E-state index contributed by atoms with van der Waals surface area (Å²) in [4.78, 5) is 13.1. The third kappa shape index (κ3) is 3.25. The maximum atomic E-state index is 11.8. The Hall–Kier alpha value is -0.960. The number of rotatable bonds is 4. The van der Waals surface area contributed by atoms with Crippen LogP contribution >= 0.6 is 10.0 Å². The number of benzene rings is 1. The average molecular weight is 254 g/mol. The molecule has 0 amide bonds. The van der Waals surface area contributed by atoms with Crippen LogP contribution in [0.2, 0.25) is 0 Å². The minimum atomic E-state index is -1.15. The maximum Gasteiger partial charge on any atom is 0.317 e. The van der Waals surface area contributed by atoms with Gasteiger partial charge in [-0.05, 0) is 50.3 Å². The van der Waals surface area contributed by atoms with Crippen LogP contribution in [0.25, 0.3) is 0 Å². The van der Waals surface area contributed by atoms with Crippen molar-refractivity contribution in [1.82, 2.24) is 0 Å². The molecule has 0 aromatic heterocycles. The highest BCUT2D eigenvalue weighted by Gasteiger charge is 2.29. The first-order valence-corrected chi connectivity index (χ1v) is 8.36. The number of esters is 1. The molecule has 1 atom stereocenters. The minimum absolute atomic E-state index is 0.0647. The van der Waals surface area contributed by atoms with Crippen molar-refractivity contribution < 1.29 is 9.53 Å². The Kier molecular flexibility index (Phi) is 4.63. The van der Waals surface area contributed by atoms with Crippen molar-refractivity contribution >= 4 is 16.0 Å². The first kappa shape index (κ1) is 14.1. The molecular weight excluding hydrogens is 232 g/mol. The molecule has 1 aromatic carbocycles. The SMILES string of the molecule is CCOC(=O)[C@@H](C)S(C)(C)c1ccc(C)cc1. The summed E-state index contributed by atoms with van der Waals surface area (Å²) in [6.07, 6.45) is 4.33. The highest BCUT2D eigenvalue weighted by Crippen LogP contribution is 2.53. The van der Waals surface area contributed by atoms with Gasteiger partial charge in [-0.3, -0.25) is 4.79 Å². The molecule has 96 valence electrons. The summed E-state index contributed by atoms with van der Waals surface area (Å²) in [7, 11) is -1.15. The Labute approximate surface area is 106 Å². The molecule has 2 nitrogen and oxygen atoms in total. The van der Waals surface area contributed by atoms with Crippen LogP contribution in [0.3, 0.4) is 0 Å². The van der Waals surface area contributed by atoms with Gasteiger partial charge in [0.05, 0.1) is 11.9 Å². The van der Waals surface area contributed by atoms with Crippen molar-refractivity contribution in [2.45, 2.75) is 30.9 Å². The smallest absolute Gasteiger partial charge is 0.317 e. The van der Waals surface area contributed by atoms with Gasteiger partial charge in [0.2, 0.25) is 0 Å². The maximum absolute atomic E-state index is 11.8. The molecule has 0 spiro atoms. The lowest BCUT2D eigenvalue weighted by atomic mass is 10.2. The fourth-order valence-electron chi connectivity index (χ4n) is 1.59. The van der Waals surface area contributed by atoms with Gasteiger partial charge in [0, 0.05) is 0 Å². The molecule has 17 heavy (non-hydrogen) atoms. The standard InChI is InChI=1S/C14H22O2S/c1-6-16-14(15)12(3)17(4,5)13-9-7-11(2)8-10-13/h7-10,12H,6H2,1-5H3/t12-/m1/s1. The van der Waals surface area contributed by atoms with Crippen LogP contribution in [0.15, 0.2) is 29.2 Å². The first-order chi connectivity index (χ1) is 7.89.